The van der Waals surface area contributed by atoms with Crippen LogP contribution in [0.25, 0.3) is 0 Å². The van der Waals surface area contributed by atoms with Gasteiger partial charge in [0.05, 0.1) is 23.7 Å². The number of aryl methyl sites for hydroxylation is 1. The van der Waals surface area contributed by atoms with E-state index in [2.05, 4.69) is 40.2 Å². The summed E-state index contributed by atoms with van der Waals surface area (Å²) in [5.74, 6) is 0. The highest BCUT2D eigenvalue weighted by Gasteiger charge is 2.16. The summed E-state index contributed by atoms with van der Waals surface area (Å²) in [4.78, 5) is 6.70. The third-order valence-electron chi connectivity index (χ3n) is 3.87. The Labute approximate surface area is 119 Å². The maximum atomic E-state index is 9.55. The summed E-state index contributed by atoms with van der Waals surface area (Å²) in [5, 5.41) is 9.55. The summed E-state index contributed by atoms with van der Waals surface area (Å²) in [7, 11) is 0. The molecule has 0 unspecified atom stereocenters. The first-order valence-electron chi connectivity index (χ1n) is 7.25. The van der Waals surface area contributed by atoms with Gasteiger partial charge in [0.25, 0.3) is 0 Å². The molecule has 0 amide bonds. The number of fused-ring (bicyclic) bond motifs is 1. The molecule has 3 nitrogen and oxygen atoms in total. The number of hydrogen-bond acceptors (Lipinski definition) is 3. The number of nitrogens with zero attached hydrogens (tertiary/aromatic N) is 2. The SMILES string of the molecule is C[C@@H](O)c1ccc(N2CCCCc3ccccc32)cn1. The molecule has 0 spiro atoms. The number of aromatic nitrogens is 1. The lowest BCUT2D eigenvalue weighted by atomic mass is 10.1. The van der Waals surface area contributed by atoms with Crippen molar-refractivity contribution in [1.82, 2.24) is 4.98 Å². The molecule has 1 aromatic carbocycles. The second-order valence-electron chi connectivity index (χ2n) is 5.35. The zero-order valence-electron chi connectivity index (χ0n) is 11.8. The minimum Gasteiger partial charge on any atom is -0.387 e. The van der Waals surface area contributed by atoms with E-state index in [9.17, 15) is 5.11 Å². The van der Waals surface area contributed by atoms with E-state index in [1.807, 2.05) is 12.3 Å². The molecule has 1 aliphatic rings. The number of pyridine rings is 1. The Morgan fingerprint density at radius 3 is 2.75 bits per heavy atom. The Kier molecular flexibility index (Phi) is 3.70. The van der Waals surface area contributed by atoms with Crippen LogP contribution in [0.15, 0.2) is 42.6 Å². The van der Waals surface area contributed by atoms with Gasteiger partial charge in [-0.25, -0.2) is 0 Å². The van der Waals surface area contributed by atoms with Crippen LogP contribution >= 0.6 is 0 Å². The van der Waals surface area contributed by atoms with Crippen molar-refractivity contribution in [3.8, 4) is 0 Å². The highest BCUT2D eigenvalue weighted by molar-refractivity contribution is 5.66. The van der Waals surface area contributed by atoms with Gasteiger partial charge in [0.15, 0.2) is 0 Å². The van der Waals surface area contributed by atoms with E-state index in [1.54, 1.807) is 6.92 Å². The number of benzene rings is 1. The molecule has 3 heteroatoms. The van der Waals surface area contributed by atoms with E-state index in [0.29, 0.717) is 0 Å². The zero-order valence-corrected chi connectivity index (χ0v) is 11.8. The van der Waals surface area contributed by atoms with E-state index in [-0.39, 0.29) is 0 Å². The van der Waals surface area contributed by atoms with Crippen LogP contribution in [-0.4, -0.2) is 16.6 Å². The molecule has 1 aromatic heterocycles. The minimum atomic E-state index is -0.513. The van der Waals surface area contributed by atoms with Gasteiger partial charge in [-0.1, -0.05) is 18.2 Å². The van der Waals surface area contributed by atoms with Gasteiger partial charge in [-0.15, -0.1) is 0 Å². The van der Waals surface area contributed by atoms with Crippen LogP contribution in [0.2, 0.25) is 0 Å². The van der Waals surface area contributed by atoms with Crippen molar-refractivity contribution in [3.05, 3.63) is 53.9 Å². The predicted octanol–water partition coefficient (Wildman–Crippen LogP) is 3.61. The average Bonchev–Trinajstić information content (AvgIpc) is 2.69. The fourth-order valence-electron chi connectivity index (χ4n) is 2.76. The topological polar surface area (TPSA) is 36.4 Å². The second kappa shape index (κ2) is 5.63. The van der Waals surface area contributed by atoms with Crippen LogP contribution in [0.5, 0.6) is 0 Å². The lowest BCUT2D eigenvalue weighted by Crippen LogP contribution is -2.18. The number of aliphatic hydroxyl groups is 1. The normalized spacial score (nSPS) is 16.4. The summed E-state index contributed by atoms with van der Waals surface area (Å²) in [6.07, 6.45) is 4.91. The first kappa shape index (κ1) is 13.1. The van der Waals surface area contributed by atoms with Crippen molar-refractivity contribution < 1.29 is 5.11 Å². The van der Waals surface area contributed by atoms with E-state index < -0.39 is 6.10 Å². The highest BCUT2D eigenvalue weighted by Crippen LogP contribution is 2.32. The Hall–Kier alpha value is -1.87. The van der Waals surface area contributed by atoms with Crippen molar-refractivity contribution in [1.29, 1.82) is 0 Å². The molecule has 3 rings (SSSR count). The second-order valence-corrected chi connectivity index (χ2v) is 5.35. The third-order valence-corrected chi connectivity index (χ3v) is 3.87. The van der Waals surface area contributed by atoms with E-state index in [1.165, 1.54) is 24.1 Å². The van der Waals surface area contributed by atoms with Crippen LogP contribution in [0.4, 0.5) is 11.4 Å². The first-order valence-corrected chi connectivity index (χ1v) is 7.25. The number of anilines is 2. The summed E-state index contributed by atoms with van der Waals surface area (Å²) >= 11 is 0. The number of hydrogen-bond donors (Lipinski definition) is 1. The van der Waals surface area contributed by atoms with Crippen LogP contribution in [-0.2, 0) is 6.42 Å². The smallest absolute Gasteiger partial charge is 0.0931 e. The number of aliphatic hydroxyl groups excluding tert-OH is 1. The lowest BCUT2D eigenvalue weighted by Gasteiger charge is -2.25. The summed E-state index contributed by atoms with van der Waals surface area (Å²) in [6.45, 7) is 2.76. The molecule has 0 saturated carbocycles. The van der Waals surface area contributed by atoms with Crippen LogP contribution < -0.4 is 4.90 Å². The summed E-state index contributed by atoms with van der Waals surface area (Å²) < 4.78 is 0. The Balaban J connectivity index is 1.97. The van der Waals surface area contributed by atoms with Gasteiger partial charge < -0.3 is 10.0 Å². The number of rotatable bonds is 2. The molecule has 1 N–H and O–H groups in total. The van der Waals surface area contributed by atoms with Gasteiger partial charge in [-0.2, -0.15) is 0 Å². The van der Waals surface area contributed by atoms with Crippen molar-refractivity contribution in [2.24, 2.45) is 0 Å². The largest absolute Gasteiger partial charge is 0.387 e. The van der Waals surface area contributed by atoms with Crippen molar-refractivity contribution in [2.45, 2.75) is 32.3 Å². The van der Waals surface area contributed by atoms with Crippen LogP contribution in [0.3, 0.4) is 0 Å². The van der Waals surface area contributed by atoms with Crippen molar-refractivity contribution in [2.75, 3.05) is 11.4 Å². The fourth-order valence-corrected chi connectivity index (χ4v) is 2.76. The van der Waals surface area contributed by atoms with E-state index in [4.69, 9.17) is 0 Å². The lowest BCUT2D eigenvalue weighted by molar-refractivity contribution is 0.194. The predicted molar refractivity (Wildman–Crippen MR) is 81.3 cm³/mol. The van der Waals surface area contributed by atoms with Gasteiger partial charge in [-0.3, -0.25) is 4.98 Å². The highest BCUT2D eigenvalue weighted by atomic mass is 16.3. The molecule has 20 heavy (non-hydrogen) atoms. The monoisotopic (exact) mass is 268 g/mol. The Morgan fingerprint density at radius 2 is 2.00 bits per heavy atom. The van der Waals surface area contributed by atoms with Gasteiger partial charge in [0.2, 0.25) is 0 Å². The van der Waals surface area contributed by atoms with Gasteiger partial charge in [0, 0.05) is 12.2 Å². The molecule has 0 bridgehead atoms. The van der Waals surface area contributed by atoms with Crippen LogP contribution in [0.1, 0.15) is 37.1 Å². The summed E-state index contributed by atoms with van der Waals surface area (Å²) in [6, 6.07) is 12.6. The van der Waals surface area contributed by atoms with Gasteiger partial charge in [-0.05, 0) is 49.9 Å². The Morgan fingerprint density at radius 1 is 1.15 bits per heavy atom. The Bertz CT molecular complexity index is 578. The molecule has 0 saturated heterocycles. The summed E-state index contributed by atoms with van der Waals surface area (Å²) in [5.41, 5.74) is 4.52. The van der Waals surface area contributed by atoms with E-state index >= 15 is 0 Å². The van der Waals surface area contributed by atoms with Gasteiger partial charge in [0.1, 0.15) is 0 Å². The fraction of sp³-hybridized carbons (Fsp3) is 0.353. The molecule has 104 valence electrons. The van der Waals surface area contributed by atoms with Crippen LogP contribution in [0, 0.1) is 0 Å². The molecule has 2 aromatic rings. The molecule has 1 aliphatic heterocycles. The van der Waals surface area contributed by atoms with E-state index in [0.717, 1.165) is 24.3 Å². The van der Waals surface area contributed by atoms with Gasteiger partial charge >= 0.3 is 0 Å². The van der Waals surface area contributed by atoms with Crippen molar-refractivity contribution >= 4 is 11.4 Å². The zero-order chi connectivity index (χ0) is 13.9. The number of para-hydroxylation sites is 1. The molecule has 2 heterocycles. The first-order chi connectivity index (χ1) is 9.75. The third kappa shape index (κ3) is 2.54. The maximum absolute atomic E-state index is 9.55. The molecule has 0 fully saturated rings. The maximum Gasteiger partial charge on any atom is 0.0931 e. The molecule has 0 aliphatic carbocycles. The standard InChI is InChI=1S/C17H20N2O/c1-13(20)16-10-9-15(12-18-16)19-11-5-4-7-14-6-2-3-8-17(14)19/h2-3,6,8-10,12-13,20H,4-5,7,11H2,1H3/t13-/m1/s1. The van der Waals surface area contributed by atoms with Crippen molar-refractivity contribution in [3.63, 3.8) is 0 Å². The average molecular weight is 268 g/mol. The quantitative estimate of drug-likeness (QED) is 0.904. The molecule has 1 atom stereocenters. The minimum absolute atomic E-state index is 0.513. The molecular formula is C17H20N2O. The molecule has 0 radical (unpaired) electrons. The molecular weight excluding hydrogens is 248 g/mol.